The van der Waals surface area contributed by atoms with E-state index in [4.69, 9.17) is 0 Å². The number of pyridine rings is 1. The van der Waals surface area contributed by atoms with Gasteiger partial charge in [0.1, 0.15) is 11.6 Å². The van der Waals surface area contributed by atoms with Crippen LogP contribution in [0, 0.1) is 5.82 Å². The van der Waals surface area contributed by atoms with E-state index in [1.807, 2.05) is 0 Å². The molecule has 0 aliphatic carbocycles. The zero-order chi connectivity index (χ0) is 13.0. The van der Waals surface area contributed by atoms with Gasteiger partial charge in [0.2, 0.25) is 0 Å². The summed E-state index contributed by atoms with van der Waals surface area (Å²) >= 11 is 3.16. The third kappa shape index (κ3) is 3.23. The van der Waals surface area contributed by atoms with E-state index in [0.717, 1.165) is 5.56 Å². The second-order valence-electron chi connectivity index (χ2n) is 3.96. The molecule has 4 heteroatoms. The Hall–Kier alpha value is -1.55. The summed E-state index contributed by atoms with van der Waals surface area (Å²) in [6.45, 7) is 0. The van der Waals surface area contributed by atoms with E-state index in [1.54, 1.807) is 36.7 Å². The van der Waals surface area contributed by atoms with Crippen molar-refractivity contribution in [2.75, 3.05) is 0 Å². The van der Waals surface area contributed by atoms with Crippen molar-refractivity contribution in [1.82, 2.24) is 4.98 Å². The molecule has 1 heterocycles. The third-order valence-electron chi connectivity index (χ3n) is 2.57. The molecule has 1 aromatic heterocycles. The van der Waals surface area contributed by atoms with Crippen LogP contribution in [0.2, 0.25) is 0 Å². The van der Waals surface area contributed by atoms with Gasteiger partial charge in [-0.2, -0.15) is 0 Å². The Morgan fingerprint density at radius 1 is 1.17 bits per heavy atom. The molecule has 0 N–H and O–H groups in total. The molecule has 2 nitrogen and oxygen atoms in total. The standard InChI is InChI=1S/C14H11BrFNO/c15-14-11(2-1-3-13(14)16)9-12(18)8-10-4-6-17-7-5-10/h1-7H,8-9H2. The molecule has 0 saturated carbocycles. The second kappa shape index (κ2) is 5.87. The van der Waals surface area contributed by atoms with Gasteiger partial charge >= 0.3 is 0 Å². The molecule has 0 saturated heterocycles. The maximum Gasteiger partial charge on any atom is 0.141 e. The van der Waals surface area contributed by atoms with Crippen LogP contribution in [0.25, 0.3) is 0 Å². The smallest absolute Gasteiger partial charge is 0.141 e. The molecule has 0 spiro atoms. The number of carbonyl (C=O) groups is 1. The van der Waals surface area contributed by atoms with Gasteiger partial charge in [0, 0.05) is 25.2 Å². The molecule has 18 heavy (non-hydrogen) atoms. The number of hydrogen-bond donors (Lipinski definition) is 0. The van der Waals surface area contributed by atoms with Gasteiger partial charge in [0.25, 0.3) is 0 Å². The maximum atomic E-state index is 13.3. The average molecular weight is 308 g/mol. The van der Waals surface area contributed by atoms with Crippen molar-refractivity contribution in [2.24, 2.45) is 0 Å². The number of rotatable bonds is 4. The molecule has 0 bridgehead atoms. The predicted octanol–water partition coefficient (Wildman–Crippen LogP) is 3.34. The van der Waals surface area contributed by atoms with Gasteiger partial charge in [-0.05, 0) is 45.3 Å². The molecular formula is C14H11BrFNO. The molecule has 1 aromatic carbocycles. The van der Waals surface area contributed by atoms with Gasteiger partial charge in [-0.15, -0.1) is 0 Å². The Balaban J connectivity index is 2.06. The summed E-state index contributed by atoms with van der Waals surface area (Å²) in [7, 11) is 0. The lowest BCUT2D eigenvalue weighted by atomic mass is 10.0. The number of Topliss-reactive ketones (excluding diaryl/α,β-unsaturated/α-hetero) is 1. The van der Waals surface area contributed by atoms with Crippen LogP contribution < -0.4 is 0 Å². The second-order valence-corrected chi connectivity index (χ2v) is 4.75. The highest BCUT2D eigenvalue weighted by molar-refractivity contribution is 9.10. The molecule has 92 valence electrons. The number of hydrogen-bond acceptors (Lipinski definition) is 2. The van der Waals surface area contributed by atoms with Crippen LogP contribution in [-0.4, -0.2) is 10.8 Å². The van der Waals surface area contributed by atoms with Crippen molar-refractivity contribution < 1.29 is 9.18 Å². The molecule has 0 aliphatic rings. The van der Waals surface area contributed by atoms with E-state index in [-0.39, 0.29) is 18.0 Å². The fourth-order valence-corrected chi connectivity index (χ4v) is 2.09. The molecule has 0 amide bonds. The van der Waals surface area contributed by atoms with Crippen molar-refractivity contribution >= 4 is 21.7 Å². The molecular weight excluding hydrogens is 297 g/mol. The van der Waals surface area contributed by atoms with Crippen molar-refractivity contribution in [2.45, 2.75) is 12.8 Å². The van der Waals surface area contributed by atoms with Crippen LogP contribution >= 0.6 is 15.9 Å². The Kier molecular flexibility index (Phi) is 4.20. The van der Waals surface area contributed by atoms with E-state index in [1.165, 1.54) is 6.07 Å². The minimum Gasteiger partial charge on any atom is -0.299 e. The lowest BCUT2D eigenvalue weighted by molar-refractivity contribution is -0.117. The quantitative estimate of drug-likeness (QED) is 0.867. The van der Waals surface area contributed by atoms with Crippen molar-refractivity contribution in [1.29, 1.82) is 0 Å². The fraction of sp³-hybridized carbons (Fsp3) is 0.143. The van der Waals surface area contributed by atoms with Crippen molar-refractivity contribution in [3.63, 3.8) is 0 Å². The maximum absolute atomic E-state index is 13.3. The Morgan fingerprint density at radius 2 is 1.89 bits per heavy atom. The summed E-state index contributed by atoms with van der Waals surface area (Å²) in [6, 6.07) is 8.32. The van der Waals surface area contributed by atoms with Crippen molar-refractivity contribution in [3.8, 4) is 0 Å². The number of aromatic nitrogens is 1. The number of nitrogens with zero attached hydrogens (tertiary/aromatic N) is 1. The van der Waals surface area contributed by atoms with Crippen LogP contribution in [0.15, 0.2) is 47.2 Å². The van der Waals surface area contributed by atoms with E-state index >= 15 is 0 Å². The molecule has 0 atom stereocenters. The first kappa shape index (κ1) is 12.9. The van der Waals surface area contributed by atoms with E-state index in [0.29, 0.717) is 16.5 Å². The minimum absolute atomic E-state index is 0.0486. The topological polar surface area (TPSA) is 30.0 Å². The lowest BCUT2D eigenvalue weighted by Crippen LogP contribution is -2.07. The zero-order valence-electron chi connectivity index (χ0n) is 9.57. The van der Waals surface area contributed by atoms with Gasteiger partial charge in [-0.25, -0.2) is 4.39 Å². The number of halogens is 2. The van der Waals surface area contributed by atoms with E-state index in [9.17, 15) is 9.18 Å². The Bertz CT molecular complexity index is 557. The Labute approximate surface area is 113 Å². The summed E-state index contributed by atoms with van der Waals surface area (Å²) < 4.78 is 13.7. The lowest BCUT2D eigenvalue weighted by Gasteiger charge is -2.05. The van der Waals surface area contributed by atoms with Crippen LogP contribution in [0.5, 0.6) is 0 Å². The van der Waals surface area contributed by atoms with Gasteiger partial charge in [0.15, 0.2) is 0 Å². The first-order valence-corrected chi connectivity index (χ1v) is 6.29. The molecule has 2 rings (SSSR count). The minimum atomic E-state index is -0.343. The zero-order valence-corrected chi connectivity index (χ0v) is 11.2. The van der Waals surface area contributed by atoms with Crippen molar-refractivity contribution in [3.05, 3.63) is 64.1 Å². The van der Waals surface area contributed by atoms with Crippen LogP contribution in [0.4, 0.5) is 4.39 Å². The highest BCUT2D eigenvalue weighted by Crippen LogP contribution is 2.21. The van der Waals surface area contributed by atoms with Gasteiger partial charge in [-0.3, -0.25) is 9.78 Å². The highest BCUT2D eigenvalue weighted by atomic mass is 79.9. The molecule has 0 fully saturated rings. The first-order chi connectivity index (χ1) is 8.66. The third-order valence-corrected chi connectivity index (χ3v) is 3.46. The van der Waals surface area contributed by atoms with Gasteiger partial charge in [-0.1, -0.05) is 12.1 Å². The van der Waals surface area contributed by atoms with E-state index < -0.39 is 0 Å². The monoisotopic (exact) mass is 307 g/mol. The highest BCUT2D eigenvalue weighted by Gasteiger charge is 2.10. The molecule has 0 unspecified atom stereocenters. The molecule has 0 aliphatic heterocycles. The van der Waals surface area contributed by atoms with Crippen LogP contribution in [-0.2, 0) is 17.6 Å². The number of benzene rings is 1. The molecule has 2 aromatic rings. The first-order valence-electron chi connectivity index (χ1n) is 5.50. The van der Waals surface area contributed by atoms with Gasteiger partial charge in [0.05, 0.1) is 4.47 Å². The largest absolute Gasteiger partial charge is 0.299 e. The van der Waals surface area contributed by atoms with Crippen LogP contribution in [0.1, 0.15) is 11.1 Å². The normalized spacial score (nSPS) is 10.3. The Morgan fingerprint density at radius 3 is 2.61 bits per heavy atom. The summed E-state index contributed by atoms with van der Waals surface area (Å²) in [5.41, 5.74) is 1.59. The van der Waals surface area contributed by atoms with Crippen LogP contribution in [0.3, 0.4) is 0 Å². The summed E-state index contributed by atoms with van der Waals surface area (Å²) in [5, 5.41) is 0. The summed E-state index contributed by atoms with van der Waals surface area (Å²) in [6.07, 6.45) is 3.87. The molecule has 0 radical (unpaired) electrons. The SMILES string of the molecule is O=C(Cc1ccncc1)Cc1cccc(F)c1Br. The van der Waals surface area contributed by atoms with E-state index in [2.05, 4.69) is 20.9 Å². The fourth-order valence-electron chi connectivity index (χ4n) is 1.69. The van der Waals surface area contributed by atoms with Gasteiger partial charge < -0.3 is 0 Å². The summed E-state index contributed by atoms with van der Waals surface area (Å²) in [5.74, 6) is -0.295. The number of carbonyl (C=O) groups excluding carboxylic acids is 1. The summed E-state index contributed by atoms with van der Waals surface area (Å²) in [4.78, 5) is 15.8. The predicted molar refractivity (Wildman–Crippen MR) is 70.8 cm³/mol. The number of ketones is 1. The average Bonchev–Trinajstić information content (AvgIpc) is 2.36.